The van der Waals surface area contributed by atoms with Gasteiger partial charge in [0.25, 0.3) is 0 Å². The molecule has 238 valence electrons. The summed E-state index contributed by atoms with van der Waals surface area (Å²) in [4.78, 5) is 47.9. The summed E-state index contributed by atoms with van der Waals surface area (Å²) in [5.41, 5.74) is 0.721. The largest absolute Gasteiger partial charge is 0.463 e. The van der Waals surface area contributed by atoms with Crippen LogP contribution >= 0.6 is 0 Å². The molecule has 15 heteroatoms. The molecule has 3 aliphatic rings. The highest BCUT2D eigenvalue weighted by atomic mass is 16.8. The molecule has 3 saturated heterocycles. The molecule has 43 heavy (non-hydrogen) atoms. The van der Waals surface area contributed by atoms with Gasteiger partial charge in [0.2, 0.25) is 0 Å². The molecule has 3 heterocycles. The van der Waals surface area contributed by atoms with Crippen LogP contribution in [0, 0.1) is 0 Å². The van der Waals surface area contributed by atoms with Crippen molar-refractivity contribution in [3.05, 3.63) is 35.9 Å². The lowest BCUT2D eigenvalue weighted by atomic mass is 9.96. The second-order valence-electron chi connectivity index (χ2n) is 10.1. The van der Waals surface area contributed by atoms with Crippen molar-refractivity contribution in [2.45, 2.75) is 95.4 Å². The molecule has 1 aromatic rings. The Morgan fingerprint density at radius 2 is 1.42 bits per heavy atom. The Morgan fingerprint density at radius 1 is 0.791 bits per heavy atom. The zero-order chi connectivity index (χ0) is 31.3. The third kappa shape index (κ3) is 8.06. The maximum Gasteiger partial charge on any atom is 0.303 e. The quantitative estimate of drug-likeness (QED) is 0.297. The van der Waals surface area contributed by atoms with Crippen LogP contribution < -0.4 is 0 Å². The molecule has 4 rings (SSSR count). The van der Waals surface area contributed by atoms with Gasteiger partial charge in [-0.2, -0.15) is 0 Å². The number of aliphatic hydroxyl groups excluding tert-OH is 1. The molecular formula is C28H36O15. The molecular weight excluding hydrogens is 576 g/mol. The number of benzene rings is 1. The maximum absolute atomic E-state index is 12.2. The summed E-state index contributed by atoms with van der Waals surface area (Å²) in [6.45, 7) is 4.12. The Hall–Kier alpha value is -3.18. The van der Waals surface area contributed by atoms with E-state index in [1.165, 1.54) is 7.11 Å². The van der Waals surface area contributed by atoms with Gasteiger partial charge in [-0.25, -0.2) is 0 Å². The van der Waals surface area contributed by atoms with Crippen LogP contribution in [0.25, 0.3) is 0 Å². The van der Waals surface area contributed by atoms with Crippen LogP contribution in [-0.4, -0.2) is 111 Å². The molecule has 0 bridgehead atoms. The summed E-state index contributed by atoms with van der Waals surface area (Å²) in [6, 6.07) is 9.10. The standard InChI is InChI=1S/C28H36O15/c1-13(29)35-11-19-22(37-14(2)30)24(38-15(3)31)25(39-16(4)32)28(41-19)43-23-20(33)21-18(40-27(23)34-5)12-36-26(42-21)17-9-7-6-8-10-17/h6-10,18-28,33H,11-12H2,1-5H3/t18-,19-,20+,21-,22+,23-,24+,25-,26?,27+,28-/m1/s1. The smallest absolute Gasteiger partial charge is 0.303 e. The van der Waals surface area contributed by atoms with Crippen LogP contribution in [0.15, 0.2) is 30.3 Å². The zero-order valence-electron chi connectivity index (χ0n) is 24.3. The highest BCUT2D eigenvalue weighted by Gasteiger charge is 2.56. The van der Waals surface area contributed by atoms with E-state index in [0.29, 0.717) is 0 Å². The van der Waals surface area contributed by atoms with Crippen LogP contribution in [0.5, 0.6) is 0 Å². The van der Waals surface area contributed by atoms with Crippen LogP contribution in [-0.2, 0) is 66.5 Å². The minimum absolute atomic E-state index is 0.0763. The summed E-state index contributed by atoms with van der Waals surface area (Å²) in [6.07, 6.45) is -13.5. The number of fused-ring (bicyclic) bond motifs is 1. The van der Waals surface area contributed by atoms with Gasteiger partial charge in [0.15, 0.2) is 37.2 Å². The number of carbonyl (C=O) groups is 4. The van der Waals surface area contributed by atoms with Crippen LogP contribution in [0.3, 0.4) is 0 Å². The highest BCUT2D eigenvalue weighted by molar-refractivity contribution is 5.68. The molecule has 3 fully saturated rings. The molecule has 15 nitrogen and oxygen atoms in total. The number of methoxy groups -OCH3 is 1. The van der Waals surface area contributed by atoms with Crippen molar-refractivity contribution in [3.63, 3.8) is 0 Å². The molecule has 0 spiro atoms. The molecule has 0 aliphatic carbocycles. The number of hydrogen-bond donors (Lipinski definition) is 1. The van der Waals surface area contributed by atoms with Crippen molar-refractivity contribution >= 4 is 23.9 Å². The van der Waals surface area contributed by atoms with E-state index in [1.54, 1.807) is 0 Å². The molecule has 11 atom stereocenters. The minimum atomic E-state index is -1.57. The van der Waals surface area contributed by atoms with E-state index in [9.17, 15) is 24.3 Å². The third-order valence-corrected chi connectivity index (χ3v) is 6.85. The van der Waals surface area contributed by atoms with Crippen LogP contribution in [0.2, 0.25) is 0 Å². The van der Waals surface area contributed by atoms with Gasteiger partial charge in [0.1, 0.15) is 37.1 Å². The fraction of sp³-hybridized carbons (Fsp3) is 0.643. The van der Waals surface area contributed by atoms with Gasteiger partial charge in [-0.15, -0.1) is 0 Å². The molecule has 3 aliphatic heterocycles. The monoisotopic (exact) mass is 612 g/mol. The van der Waals surface area contributed by atoms with Crippen molar-refractivity contribution < 1.29 is 71.7 Å². The predicted molar refractivity (Wildman–Crippen MR) is 139 cm³/mol. The van der Waals surface area contributed by atoms with Gasteiger partial charge in [-0.3, -0.25) is 19.2 Å². The number of rotatable bonds is 9. The van der Waals surface area contributed by atoms with E-state index in [1.807, 2.05) is 30.3 Å². The number of esters is 4. The first kappa shape index (κ1) is 32.7. The van der Waals surface area contributed by atoms with Crippen molar-refractivity contribution in [2.75, 3.05) is 20.3 Å². The Kier molecular flexibility index (Phi) is 11.1. The maximum atomic E-state index is 12.2. The molecule has 0 saturated carbocycles. The third-order valence-electron chi connectivity index (χ3n) is 6.85. The van der Waals surface area contributed by atoms with E-state index < -0.39 is 98.2 Å². The lowest BCUT2D eigenvalue weighted by Crippen LogP contribution is -2.67. The Morgan fingerprint density at radius 3 is 2.02 bits per heavy atom. The van der Waals surface area contributed by atoms with E-state index in [4.69, 9.17) is 47.4 Å². The van der Waals surface area contributed by atoms with E-state index in [0.717, 1.165) is 33.3 Å². The first-order valence-electron chi connectivity index (χ1n) is 13.6. The second-order valence-corrected chi connectivity index (χ2v) is 10.1. The fourth-order valence-corrected chi connectivity index (χ4v) is 5.13. The molecule has 1 N–H and O–H groups in total. The Bertz CT molecular complexity index is 1130. The fourth-order valence-electron chi connectivity index (χ4n) is 5.13. The van der Waals surface area contributed by atoms with Crippen molar-refractivity contribution in [3.8, 4) is 0 Å². The summed E-state index contributed by atoms with van der Waals surface area (Å²) >= 11 is 0. The average Bonchev–Trinajstić information content (AvgIpc) is 2.95. The zero-order valence-corrected chi connectivity index (χ0v) is 24.3. The van der Waals surface area contributed by atoms with Crippen molar-refractivity contribution in [2.24, 2.45) is 0 Å². The molecule has 0 radical (unpaired) electrons. The minimum Gasteiger partial charge on any atom is -0.463 e. The lowest BCUT2D eigenvalue weighted by molar-refractivity contribution is -0.391. The summed E-state index contributed by atoms with van der Waals surface area (Å²) in [5.74, 6) is -3.04. The van der Waals surface area contributed by atoms with Crippen molar-refractivity contribution in [1.29, 1.82) is 0 Å². The number of ether oxygens (including phenoxy) is 10. The predicted octanol–water partition coefficient (Wildman–Crippen LogP) is 0.301. The second kappa shape index (κ2) is 14.5. The van der Waals surface area contributed by atoms with Crippen molar-refractivity contribution in [1.82, 2.24) is 0 Å². The number of carbonyl (C=O) groups excluding carboxylic acids is 4. The highest BCUT2D eigenvalue weighted by Crippen LogP contribution is 2.37. The van der Waals surface area contributed by atoms with Gasteiger partial charge < -0.3 is 52.5 Å². The van der Waals surface area contributed by atoms with Crippen LogP contribution in [0.1, 0.15) is 39.5 Å². The average molecular weight is 613 g/mol. The number of aliphatic hydroxyl groups is 1. The molecule has 1 unspecified atom stereocenters. The van der Waals surface area contributed by atoms with E-state index in [-0.39, 0.29) is 6.61 Å². The Labute approximate surface area is 247 Å². The topological polar surface area (TPSA) is 181 Å². The van der Waals surface area contributed by atoms with Gasteiger partial charge >= 0.3 is 23.9 Å². The summed E-state index contributed by atoms with van der Waals surface area (Å²) in [5, 5.41) is 11.5. The van der Waals surface area contributed by atoms with E-state index in [2.05, 4.69) is 0 Å². The first-order valence-corrected chi connectivity index (χ1v) is 13.6. The van der Waals surface area contributed by atoms with Gasteiger partial charge in [0, 0.05) is 40.4 Å². The van der Waals surface area contributed by atoms with Crippen LogP contribution in [0.4, 0.5) is 0 Å². The summed E-state index contributed by atoms with van der Waals surface area (Å²) in [7, 11) is 1.33. The van der Waals surface area contributed by atoms with Gasteiger partial charge in [-0.1, -0.05) is 30.3 Å². The Balaban J connectivity index is 1.64. The first-order chi connectivity index (χ1) is 20.5. The lowest BCUT2D eigenvalue weighted by Gasteiger charge is -2.49. The van der Waals surface area contributed by atoms with E-state index >= 15 is 0 Å². The van der Waals surface area contributed by atoms with Gasteiger partial charge in [-0.05, 0) is 0 Å². The molecule has 0 aromatic heterocycles. The normalized spacial score (nSPS) is 35.6. The SMILES string of the molecule is CO[C@H]1O[C@@H]2COC(c3ccccc3)O[C@H]2[C@H](O)[C@H]1O[C@H]1O[C@H](COC(C)=O)[C@H](OC(C)=O)[C@H](OC(C)=O)[C@H]1OC(C)=O. The number of hydrogen-bond acceptors (Lipinski definition) is 15. The molecule has 0 amide bonds. The van der Waals surface area contributed by atoms with Gasteiger partial charge in [0.05, 0.1) is 6.61 Å². The summed E-state index contributed by atoms with van der Waals surface area (Å²) < 4.78 is 56.9. The molecule has 1 aromatic carbocycles.